The molecule has 0 aliphatic heterocycles. The number of nitrogens with one attached hydrogen (secondary N) is 2. The fourth-order valence-electron chi connectivity index (χ4n) is 2.72. The summed E-state index contributed by atoms with van der Waals surface area (Å²) in [5.74, 6) is 0.933. The number of hydrogen-bond donors (Lipinski definition) is 3. The van der Waals surface area contributed by atoms with Crippen LogP contribution in [-0.4, -0.2) is 28.4 Å². The molecule has 6 heteroatoms. The molecule has 1 saturated carbocycles. The Morgan fingerprint density at radius 2 is 2.00 bits per heavy atom. The Bertz CT molecular complexity index is 477. The second kappa shape index (κ2) is 7.63. The van der Waals surface area contributed by atoms with Crippen molar-refractivity contribution in [3.8, 4) is 0 Å². The van der Waals surface area contributed by atoms with Crippen LogP contribution in [0.3, 0.4) is 0 Å². The summed E-state index contributed by atoms with van der Waals surface area (Å²) in [6.45, 7) is 4.67. The van der Waals surface area contributed by atoms with Gasteiger partial charge in [0.2, 0.25) is 0 Å². The third kappa shape index (κ3) is 5.02. The van der Waals surface area contributed by atoms with Crippen LogP contribution in [-0.2, 0) is 6.54 Å². The summed E-state index contributed by atoms with van der Waals surface area (Å²) in [5.41, 5.74) is 0.121. The highest BCUT2D eigenvalue weighted by molar-refractivity contribution is 5.73. The lowest BCUT2D eigenvalue weighted by atomic mass is 9.95. The topological polar surface area (TPSA) is 87.4 Å². The molecule has 1 aromatic heterocycles. The molecule has 2 rings (SSSR count). The average Bonchev–Trinajstić information content (AvgIpc) is 2.86. The van der Waals surface area contributed by atoms with Crippen molar-refractivity contribution in [2.75, 3.05) is 6.54 Å². The summed E-state index contributed by atoms with van der Waals surface area (Å²) in [5, 5.41) is 19.9. The molecule has 0 atom stereocenters. The zero-order valence-corrected chi connectivity index (χ0v) is 13.5. The van der Waals surface area contributed by atoms with E-state index in [0.29, 0.717) is 24.8 Å². The minimum atomic E-state index is -0.759. The third-order valence-corrected chi connectivity index (χ3v) is 4.20. The molecule has 0 saturated heterocycles. The van der Waals surface area contributed by atoms with Gasteiger partial charge in [0, 0.05) is 12.6 Å². The van der Waals surface area contributed by atoms with Crippen molar-refractivity contribution in [3.05, 3.63) is 17.5 Å². The Morgan fingerprint density at radius 3 is 2.59 bits per heavy atom. The van der Waals surface area contributed by atoms with Crippen molar-refractivity contribution in [3.63, 3.8) is 0 Å². The molecule has 1 fully saturated rings. The number of carbonyl (C=O) groups is 1. The van der Waals surface area contributed by atoms with Gasteiger partial charge in [0.15, 0.2) is 5.76 Å². The lowest BCUT2D eigenvalue weighted by molar-refractivity contribution is 0.0276. The quantitative estimate of drug-likeness (QED) is 0.730. The van der Waals surface area contributed by atoms with Gasteiger partial charge in [-0.3, -0.25) is 0 Å². The first-order valence-electron chi connectivity index (χ1n) is 8.18. The summed E-state index contributed by atoms with van der Waals surface area (Å²) >= 11 is 0. The van der Waals surface area contributed by atoms with E-state index in [1.54, 1.807) is 0 Å². The SMILES string of the molecule is CC(C)c1cc(CNC(=O)NCC2(O)CCCCCC2)on1. The number of amides is 2. The van der Waals surface area contributed by atoms with E-state index in [1.165, 1.54) is 0 Å². The van der Waals surface area contributed by atoms with E-state index < -0.39 is 5.60 Å². The Morgan fingerprint density at radius 1 is 1.32 bits per heavy atom. The summed E-state index contributed by atoms with van der Waals surface area (Å²) < 4.78 is 5.17. The molecular formula is C16H27N3O3. The van der Waals surface area contributed by atoms with Crippen LogP contribution in [0.1, 0.15) is 69.7 Å². The predicted octanol–water partition coefficient (Wildman–Crippen LogP) is 2.68. The van der Waals surface area contributed by atoms with Gasteiger partial charge in [-0.1, -0.05) is 44.7 Å². The predicted molar refractivity (Wildman–Crippen MR) is 83.5 cm³/mol. The second-order valence-electron chi connectivity index (χ2n) is 6.55. The van der Waals surface area contributed by atoms with Crippen LogP contribution in [0.2, 0.25) is 0 Å². The maximum Gasteiger partial charge on any atom is 0.315 e. The maximum absolute atomic E-state index is 11.8. The number of nitrogens with zero attached hydrogens (tertiary/aromatic N) is 1. The van der Waals surface area contributed by atoms with Crippen LogP contribution < -0.4 is 10.6 Å². The molecule has 0 radical (unpaired) electrons. The van der Waals surface area contributed by atoms with E-state index in [9.17, 15) is 9.90 Å². The zero-order chi connectivity index (χ0) is 16.0. The molecule has 0 unspecified atom stereocenters. The number of aliphatic hydroxyl groups is 1. The maximum atomic E-state index is 11.8. The first-order chi connectivity index (χ1) is 10.5. The van der Waals surface area contributed by atoms with Gasteiger partial charge in [-0.05, 0) is 18.8 Å². The molecule has 124 valence electrons. The number of hydrogen-bond acceptors (Lipinski definition) is 4. The molecule has 0 aromatic carbocycles. The summed E-state index contributed by atoms with van der Waals surface area (Å²) in [6, 6.07) is 1.56. The third-order valence-electron chi connectivity index (χ3n) is 4.20. The number of urea groups is 1. The van der Waals surface area contributed by atoms with Crippen molar-refractivity contribution in [2.45, 2.75) is 70.4 Å². The smallest absolute Gasteiger partial charge is 0.315 e. The van der Waals surface area contributed by atoms with Gasteiger partial charge >= 0.3 is 6.03 Å². The number of carbonyl (C=O) groups excluding carboxylic acids is 1. The van der Waals surface area contributed by atoms with Crippen LogP contribution in [0.25, 0.3) is 0 Å². The molecule has 1 aliphatic carbocycles. The first kappa shape index (κ1) is 16.8. The fraction of sp³-hybridized carbons (Fsp3) is 0.750. The lowest BCUT2D eigenvalue weighted by Crippen LogP contribution is -2.46. The van der Waals surface area contributed by atoms with Crippen LogP contribution in [0, 0.1) is 0 Å². The van der Waals surface area contributed by atoms with Gasteiger partial charge in [0.25, 0.3) is 0 Å². The molecule has 22 heavy (non-hydrogen) atoms. The second-order valence-corrected chi connectivity index (χ2v) is 6.55. The monoisotopic (exact) mass is 309 g/mol. The zero-order valence-electron chi connectivity index (χ0n) is 13.5. The molecule has 0 bridgehead atoms. The van der Waals surface area contributed by atoms with Crippen LogP contribution >= 0.6 is 0 Å². The van der Waals surface area contributed by atoms with Crippen LogP contribution in [0.4, 0.5) is 4.79 Å². The van der Waals surface area contributed by atoms with Gasteiger partial charge in [-0.15, -0.1) is 0 Å². The van der Waals surface area contributed by atoms with E-state index in [0.717, 1.165) is 44.2 Å². The highest BCUT2D eigenvalue weighted by Crippen LogP contribution is 2.26. The Kier molecular flexibility index (Phi) is 5.83. The number of aromatic nitrogens is 1. The molecule has 2 amide bonds. The van der Waals surface area contributed by atoms with Crippen molar-refractivity contribution in [1.82, 2.24) is 15.8 Å². The van der Waals surface area contributed by atoms with Gasteiger partial charge < -0.3 is 20.3 Å². The first-order valence-corrected chi connectivity index (χ1v) is 8.18. The molecular weight excluding hydrogens is 282 g/mol. The largest absolute Gasteiger partial charge is 0.388 e. The van der Waals surface area contributed by atoms with Crippen molar-refractivity contribution < 1.29 is 14.4 Å². The van der Waals surface area contributed by atoms with Crippen molar-refractivity contribution >= 4 is 6.03 Å². The number of rotatable bonds is 5. The molecule has 1 heterocycles. The summed E-state index contributed by atoms with van der Waals surface area (Å²) in [7, 11) is 0. The van der Waals surface area contributed by atoms with Crippen LogP contribution in [0.15, 0.2) is 10.6 Å². The standard InChI is InChI=1S/C16H27N3O3/c1-12(2)14-9-13(22-19-14)10-17-15(20)18-11-16(21)7-5-3-4-6-8-16/h9,12,21H,3-8,10-11H2,1-2H3,(H2,17,18,20). The van der Waals surface area contributed by atoms with E-state index in [4.69, 9.17) is 4.52 Å². The van der Waals surface area contributed by atoms with E-state index in [1.807, 2.05) is 19.9 Å². The van der Waals surface area contributed by atoms with Gasteiger partial charge in [-0.25, -0.2) is 4.79 Å². The van der Waals surface area contributed by atoms with Gasteiger partial charge in [-0.2, -0.15) is 0 Å². The molecule has 1 aliphatic rings. The highest BCUT2D eigenvalue weighted by Gasteiger charge is 2.28. The normalized spacial score (nSPS) is 18.0. The fourth-order valence-corrected chi connectivity index (χ4v) is 2.72. The lowest BCUT2D eigenvalue weighted by Gasteiger charge is -2.26. The van der Waals surface area contributed by atoms with E-state index >= 15 is 0 Å². The molecule has 3 N–H and O–H groups in total. The minimum absolute atomic E-state index is 0.292. The summed E-state index contributed by atoms with van der Waals surface area (Å²) in [6.07, 6.45) is 5.89. The van der Waals surface area contributed by atoms with Gasteiger partial charge in [0.1, 0.15) is 0 Å². The van der Waals surface area contributed by atoms with Crippen LogP contribution in [0.5, 0.6) is 0 Å². The summed E-state index contributed by atoms with van der Waals surface area (Å²) in [4.78, 5) is 11.8. The van der Waals surface area contributed by atoms with Crippen molar-refractivity contribution in [1.29, 1.82) is 0 Å². The Labute approximate surface area is 131 Å². The minimum Gasteiger partial charge on any atom is -0.388 e. The Hall–Kier alpha value is -1.56. The molecule has 6 nitrogen and oxygen atoms in total. The van der Waals surface area contributed by atoms with E-state index in [2.05, 4.69) is 15.8 Å². The molecule has 1 aromatic rings. The Balaban J connectivity index is 1.73. The van der Waals surface area contributed by atoms with Gasteiger partial charge in [0.05, 0.1) is 17.8 Å². The van der Waals surface area contributed by atoms with E-state index in [-0.39, 0.29) is 6.03 Å². The molecule has 0 spiro atoms. The average molecular weight is 309 g/mol. The van der Waals surface area contributed by atoms with Crippen molar-refractivity contribution in [2.24, 2.45) is 0 Å². The highest BCUT2D eigenvalue weighted by atomic mass is 16.5.